The van der Waals surface area contributed by atoms with Crippen molar-refractivity contribution in [1.82, 2.24) is 10.2 Å². The number of aromatic amines is 1. The smallest absolute Gasteiger partial charge is 0.438 e. The number of H-pyrrole nitrogens is 1. The minimum atomic E-state index is -0.722. The van der Waals surface area contributed by atoms with Crippen LogP contribution in [0.25, 0.3) is 5.69 Å². The minimum Gasteiger partial charge on any atom is -0.466 e. The van der Waals surface area contributed by atoms with Crippen LogP contribution in [0.3, 0.4) is 0 Å². The van der Waals surface area contributed by atoms with Gasteiger partial charge in [0.25, 0.3) is 0 Å². The number of piperidine rings is 1. The molecule has 0 amide bonds. The van der Waals surface area contributed by atoms with Gasteiger partial charge in [-0.05, 0) is 29.7 Å². The van der Waals surface area contributed by atoms with Gasteiger partial charge >= 0.3 is 17.3 Å². The van der Waals surface area contributed by atoms with E-state index in [0.717, 1.165) is 0 Å². The van der Waals surface area contributed by atoms with Crippen molar-refractivity contribution in [1.29, 1.82) is 0 Å². The summed E-state index contributed by atoms with van der Waals surface area (Å²) in [5.41, 5.74) is -0.177. The summed E-state index contributed by atoms with van der Waals surface area (Å²) in [7, 11) is 0. The van der Waals surface area contributed by atoms with E-state index in [-0.39, 0.29) is 29.1 Å². The van der Waals surface area contributed by atoms with Gasteiger partial charge in [-0.1, -0.05) is 42.2 Å². The Morgan fingerprint density at radius 1 is 1.31 bits per heavy atom. The second-order valence-electron chi connectivity index (χ2n) is 6.49. The summed E-state index contributed by atoms with van der Waals surface area (Å²) >= 11 is 6.65. The van der Waals surface area contributed by atoms with Gasteiger partial charge in [0.15, 0.2) is 0 Å². The number of hydrogen-bond acceptors (Lipinski definition) is 7. The van der Waals surface area contributed by atoms with Crippen molar-refractivity contribution in [2.24, 2.45) is 5.92 Å². The van der Waals surface area contributed by atoms with Gasteiger partial charge in [-0.2, -0.15) is 0 Å². The van der Waals surface area contributed by atoms with E-state index in [4.69, 9.17) is 21.5 Å². The molecular weight excluding hydrogens is 414 g/mol. The highest BCUT2D eigenvalue weighted by atomic mass is 32.2. The van der Waals surface area contributed by atoms with E-state index < -0.39 is 5.63 Å². The van der Waals surface area contributed by atoms with Crippen molar-refractivity contribution >= 4 is 40.1 Å². The van der Waals surface area contributed by atoms with E-state index >= 15 is 0 Å². The second-order valence-corrected chi connectivity index (χ2v) is 8.10. The Labute approximate surface area is 177 Å². The number of nitrogens with one attached hydrogen (secondary N) is 1. The molecule has 1 N–H and O–H groups in total. The number of ketones is 1. The highest BCUT2D eigenvalue weighted by Crippen LogP contribution is 2.22. The quantitative estimate of drug-likeness (QED) is 0.317. The Morgan fingerprint density at radius 3 is 2.66 bits per heavy atom. The molecule has 1 aliphatic heterocycles. The Hall–Kier alpha value is -2.46. The van der Waals surface area contributed by atoms with Crippen molar-refractivity contribution < 1.29 is 23.5 Å². The third-order valence-corrected chi connectivity index (χ3v) is 6.15. The number of benzene rings is 1. The maximum atomic E-state index is 12.7. The Kier molecular flexibility index (Phi) is 7.21. The van der Waals surface area contributed by atoms with Crippen molar-refractivity contribution in [3.8, 4) is 5.69 Å². The van der Waals surface area contributed by atoms with Crippen molar-refractivity contribution in [3.63, 3.8) is 0 Å². The molecule has 1 fully saturated rings. The van der Waals surface area contributed by atoms with Crippen LogP contribution in [-0.2, 0) is 9.53 Å². The number of carbonyl (C=O) groups is 2. The number of nitrogens with zero attached hydrogens (tertiary/aromatic N) is 2. The molecule has 154 valence electrons. The van der Waals surface area contributed by atoms with E-state index in [2.05, 4.69) is 5.27 Å². The molecule has 1 saturated heterocycles. The highest BCUT2D eigenvalue weighted by Gasteiger charge is 2.32. The molecule has 0 radical (unpaired) electrons. The first-order valence-corrected chi connectivity index (χ1v) is 10.7. The fraction of sp³-hybridized carbons (Fsp3) is 0.421. The lowest BCUT2D eigenvalue weighted by atomic mass is 9.97. The van der Waals surface area contributed by atoms with E-state index in [1.165, 1.54) is 16.4 Å². The summed E-state index contributed by atoms with van der Waals surface area (Å²) < 4.78 is 11.8. The number of carbonyl (C=O) groups excluding carboxylic acids is 2. The topological polar surface area (TPSA) is 96.5 Å². The zero-order chi connectivity index (χ0) is 20.8. The lowest BCUT2D eigenvalue weighted by Gasteiger charge is -2.32. The number of aromatic nitrogens is 2. The van der Waals surface area contributed by atoms with Crippen LogP contribution in [0, 0.1) is 5.92 Å². The Balaban J connectivity index is 1.57. The fourth-order valence-electron chi connectivity index (χ4n) is 3.11. The number of thioether (sulfide) groups is 1. The lowest BCUT2D eigenvalue weighted by molar-refractivity contribution is -0.672. The number of para-hydroxylation sites is 1. The molecular formula is C19H22N3O5S2+. The molecule has 1 aromatic carbocycles. The number of likely N-dealkylation sites (tertiary alicyclic amines) is 1. The predicted octanol–water partition coefficient (Wildman–Crippen LogP) is 1.72. The summed E-state index contributed by atoms with van der Waals surface area (Å²) in [5.74, 6) is -0.621. The molecule has 0 atom stereocenters. The summed E-state index contributed by atoms with van der Waals surface area (Å²) in [6, 6.07) is 8.95. The average Bonchev–Trinajstić information content (AvgIpc) is 3.14. The first-order chi connectivity index (χ1) is 14.0. The van der Waals surface area contributed by atoms with Gasteiger partial charge in [0.05, 0.1) is 18.3 Å². The zero-order valence-electron chi connectivity index (χ0n) is 16.0. The SMILES string of the molecule is CCOC(=O)C1CCN(C(=S)SCC(=O)c2c(=O)o[nH][n+]2-c2ccccc2)CC1. The van der Waals surface area contributed by atoms with Crippen LogP contribution in [0.2, 0.25) is 0 Å². The number of Topliss-reactive ketones (excluding diaryl/α,β-unsaturated/α-hetero) is 1. The summed E-state index contributed by atoms with van der Waals surface area (Å²) in [6.07, 6.45) is 1.34. The van der Waals surface area contributed by atoms with E-state index in [1.54, 1.807) is 31.2 Å². The van der Waals surface area contributed by atoms with E-state index in [0.29, 0.717) is 42.5 Å². The van der Waals surface area contributed by atoms with Crippen LogP contribution in [0.4, 0.5) is 0 Å². The van der Waals surface area contributed by atoms with Crippen LogP contribution < -0.4 is 10.3 Å². The summed E-state index contributed by atoms with van der Waals surface area (Å²) in [4.78, 5) is 38.5. The maximum Gasteiger partial charge on any atom is 0.438 e. The molecule has 8 nitrogen and oxygen atoms in total. The van der Waals surface area contributed by atoms with Gasteiger partial charge < -0.3 is 9.64 Å². The lowest BCUT2D eigenvalue weighted by Crippen LogP contribution is -2.42. The summed E-state index contributed by atoms with van der Waals surface area (Å²) in [6.45, 7) is 3.45. The highest BCUT2D eigenvalue weighted by molar-refractivity contribution is 8.23. The predicted molar refractivity (Wildman–Crippen MR) is 111 cm³/mol. The van der Waals surface area contributed by atoms with Crippen molar-refractivity contribution in [3.05, 3.63) is 46.4 Å². The number of ether oxygens (including phenoxy) is 1. The molecule has 0 aliphatic carbocycles. The molecule has 2 heterocycles. The minimum absolute atomic E-state index is 0.0199. The fourth-order valence-corrected chi connectivity index (χ4v) is 4.23. The van der Waals surface area contributed by atoms with Gasteiger partial charge in [0.1, 0.15) is 4.32 Å². The normalized spacial score (nSPS) is 14.6. The maximum absolute atomic E-state index is 12.7. The molecule has 3 rings (SSSR count). The van der Waals surface area contributed by atoms with Gasteiger partial charge in [-0.3, -0.25) is 14.1 Å². The first-order valence-electron chi connectivity index (χ1n) is 9.31. The van der Waals surface area contributed by atoms with Gasteiger partial charge in [0.2, 0.25) is 11.5 Å². The number of esters is 1. The van der Waals surface area contributed by atoms with Crippen LogP contribution in [0.1, 0.15) is 30.3 Å². The van der Waals surface area contributed by atoms with Crippen LogP contribution in [-0.4, -0.2) is 51.7 Å². The van der Waals surface area contributed by atoms with Crippen molar-refractivity contribution in [2.45, 2.75) is 19.8 Å². The third kappa shape index (κ3) is 5.13. The van der Waals surface area contributed by atoms with Crippen LogP contribution in [0.15, 0.2) is 39.6 Å². The van der Waals surface area contributed by atoms with Gasteiger partial charge in [-0.25, -0.2) is 4.79 Å². The Bertz CT molecular complexity index is 933. The molecule has 0 spiro atoms. The Morgan fingerprint density at radius 2 is 2.00 bits per heavy atom. The number of thiocarbonyl (C=S) groups is 1. The van der Waals surface area contributed by atoms with E-state index in [1.807, 2.05) is 11.0 Å². The summed E-state index contributed by atoms with van der Waals surface area (Å²) in [5, 5.41) is 2.46. The number of hydrogen-bond donors (Lipinski definition) is 1. The molecule has 1 aromatic heterocycles. The average molecular weight is 437 g/mol. The van der Waals surface area contributed by atoms with Gasteiger partial charge in [-0.15, -0.1) is 0 Å². The second kappa shape index (κ2) is 9.84. The van der Waals surface area contributed by atoms with Crippen LogP contribution >= 0.6 is 24.0 Å². The molecule has 0 unspecified atom stereocenters. The van der Waals surface area contributed by atoms with Gasteiger partial charge in [0, 0.05) is 25.2 Å². The van der Waals surface area contributed by atoms with Crippen molar-refractivity contribution in [2.75, 3.05) is 25.4 Å². The molecule has 10 heteroatoms. The third-order valence-electron chi connectivity index (χ3n) is 4.62. The molecule has 0 bridgehead atoms. The monoisotopic (exact) mass is 436 g/mol. The first kappa shape index (κ1) is 21.3. The number of rotatable bonds is 6. The molecule has 0 saturated carbocycles. The zero-order valence-corrected chi connectivity index (χ0v) is 17.6. The standard InChI is InChI=1S/C19H21N3O5S2/c1-2-26-17(24)13-8-10-21(11-9-13)19(28)29-12-15(23)16-18(25)27-20-22(16)14-6-4-3-5-7-14/h3-7,13H,2,8-12H2,1H3/p+1. The molecule has 2 aromatic rings. The van der Waals surface area contributed by atoms with Crippen LogP contribution in [0.5, 0.6) is 0 Å². The molecule has 1 aliphatic rings. The largest absolute Gasteiger partial charge is 0.466 e. The molecule has 29 heavy (non-hydrogen) atoms. The van der Waals surface area contributed by atoms with E-state index in [9.17, 15) is 14.4 Å².